The van der Waals surface area contributed by atoms with Crippen molar-refractivity contribution in [3.05, 3.63) is 69.7 Å². The van der Waals surface area contributed by atoms with Gasteiger partial charge in [0.2, 0.25) is 0 Å². The van der Waals surface area contributed by atoms with Crippen LogP contribution in [0.1, 0.15) is 36.9 Å². The standard InChI is InChI=1S/C37H35F3N8O5/c1-3-26-29(39)7-6-22-14-25(52-20-24-19-45(2)36(42-24)48(49)50)15-27(30(22)26)32-31(40)33-28(17-41-32)34(46-9-5-12-51-13-11-46)44-35(43-33)53-21-37-8-4-10-47(37)18-23(38)16-37/h1,6-7,14-15,17,19,23H,4-5,8-13,16,18,20-21H2,2H3/t23-,37+/m1/s1. The van der Waals surface area contributed by atoms with Crippen molar-refractivity contribution in [2.24, 2.45) is 7.05 Å². The van der Waals surface area contributed by atoms with Crippen molar-refractivity contribution in [2.45, 2.75) is 44.0 Å². The number of halogens is 3. The maximum absolute atomic E-state index is 17.2. The Balaban J connectivity index is 1.24. The molecule has 0 unspecified atom stereocenters. The molecule has 53 heavy (non-hydrogen) atoms. The lowest BCUT2D eigenvalue weighted by atomic mass is 9.95. The third-order valence-corrected chi connectivity index (χ3v) is 10.3. The second-order valence-electron chi connectivity index (χ2n) is 13.7. The number of benzene rings is 2. The average molecular weight is 729 g/mol. The third-order valence-electron chi connectivity index (χ3n) is 10.3. The lowest BCUT2D eigenvalue weighted by Gasteiger charge is -2.31. The van der Waals surface area contributed by atoms with Crippen LogP contribution in [0.5, 0.6) is 11.8 Å². The largest absolute Gasteiger partial charge is 0.486 e. The van der Waals surface area contributed by atoms with E-state index < -0.39 is 28.3 Å². The first-order chi connectivity index (χ1) is 25.6. The number of ether oxygens (including phenoxy) is 3. The summed E-state index contributed by atoms with van der Waals surface area (Å²) in [5.41, 5.74) is -0.390. The van der Waals surface area contributed by atoms with Crippen molar-refractivity contribution in [2.75, 3.05) is 50.9 Å². The van der Waals surface area contributed by atoms with Gasteiger partial charge in [-0.3, -0.25) is 9.88 Å². The number of nitrogens with zero attached hydrogens (tertiary/aromatic N) is 8. The summed E-state index contributed by atoms with van der Waals surface area (Å²) in [6, 6.07) is 5.76. The summed E-state index contributed by atoms with van der Waals surface area (Å²) in [5, 5.41) is 12.3. The van der Waals surface area contributed by atoms with Crippen LogP contribution in [0.15, 0.2) is 36.7 Å². The van der Waals surface area contributed by atoms with Gasteiger partial charge in [-0.1, -0.05) is 17.0 Å². The van der Waals surface area contributed by atoms with Crippen molar-refractivity contribution < 1.29 is 32.3 Å². The van der Waals surface area contributed by atoms with Gasteiger partial charge in [0.1, 0.15) is 54.2 Å². The number of imidazole rings is 1. The number of pyridine rings is 1. The molecule has 0 saturated carbocycles. The highest BCUT2D eigenvalue weighted by Crippen LogP contribution is 2.42. The molecule has 3 aliphatic heterocycles. The lowest BCUT2D eigenvalue weighted by molar-refractivity contribution is -0.396. The summed E-state index contributed by atoms with van der Waals surface area (Å²) in [5.74, 6) is 1.20. The van der Waals surface area contributed by atoms with Crippen molar-refractivity contribution in [3.63, 3.8) is 0 Å². The molecule has 3 saturated heterocycles. The minimum Gasteiger partial charge on any atom is -0.486 e. The van der Waals surface area contributed by atoms with E-state index in [-0.39, 0.29) is 64.3 Å². The topological polar surface area (TPSA) is 134 Å². The van der Waals surface area contributed by atoms with Gasteiger partial charge in [0, 0.05) is 49.8 Å². The van der Waals surface area contributed by atoms with Crippen LogP contribution in [-0.2, 0) is 18.4 Å². The van der Waals surface area contributed by atoms with Gasteiger partial charge >= 0.3 is 12.0 Å². The zero-order chi connectivity index (χ0) is 36.9. The Morgan fingerprint density at radius 3 is 2.81 bits per heavy atom. The molecular weight excluding hydrogens is 693 g/mol. The quantitative estimate of drug-likeness (QED) is 0.108. The average Bonchev–Trinajstić information content (AvgIpc) is 3.72. The molecule has 6 heterocycles. The Kier molecular flexibility index (Phi) is 8.99. The van der Waals surface area contributed by atoms with E-state index in [1.807, 2.05) is 4.90 Å². The zero-order valence-corrected chi connectivity index (χ0v) is 28.9. The van der Waals surface area contributed by atoms with Crippen LogP contribution in [0.25, 0.3) is 32.9 Å². The first-order valence-electron chi connectivity index (χ1n) is 17.4. The van der Waals surface area contributed by atoms with Crippen molar-refractivity contribution in [1.29, 1.82) is 0 Å². The Labute approximate surface area is 301 Å². The minimum atomic E-state index is -0.954. The maximum atomic E-state index is 17.2. The normalized spacial score (nSPS) is 20.4. The van der Waals surface area contributed by atoms with Crippen LogP contribution in [0.3, 0.4) is 0 Å². The minimum absolute atomic E-state index is 0.0565. The fourth-order valence-electron chi connectivity index (χ4n) is 7.86. The van der Waals surface area contributed by atoms with E-state index in [0.717, 1.165) is 25.8 Å². The molecule has 0 radical (unpaired) electrons. The monoisotopic (exact) mass is 728 g/mol. The van der Waals surface area contributed by atoms with E-state index in [0.29, 0.717) is 55.9 Å². The summed E-state index contributed by atoms with van der Waals surface area (Å²) in [6.45, 7) is 3.22. The molecule has 0 amide bonds. The molecule has 0 aliphatic carbocycles. The molecule has 5 aromatic rings. The molecule has 274 valence electrons. The molecule has 13 nitrogen and oxygen atoms in total. The Hall–Kier alpha value is -5.53. The first kappa shape index (κ1) is 34.6. The Morgan fingerprint density at radius 1 is 1.13 bits per heavy atom. The summed E-state index contributed by atoms with van der Waals surface area (Å²) < 4.78 is 66.1. The van der Waals surface area contributed by atoms with Crippen LogP contribution in [0, 0.1) is 34.1 Å². The van der Waals surface area contributed by atoms with E-state index in [9.17, 15) is 14.5 Å². The Bertz CT molecular complexity index is 2290. The van der Waals surface area contributed by atoms with E-state index in [1.54, 1.807) is 6.07 Å². The van der Waals surface area contributed by atoms with Crippen LogP contribution in [-0.4, -0.2) is 92.0 Å². The van der Waals surface area contributed by atoms with Crippen molar-refractivity contribution in [1.82, 2.24) is 29.4 Å². The third kappa shape index (κ3) is 6.33. The van der Waals surface area contributed by atoms with Crippen molar-refractivity contribution >= 4 is 33.4 Å². The molecule has 0 spiro atoms. The second-order valence-corrected chi connectivity index (χ2v) is 13.7. The predicted molar refractivity (Wildman–Crippen MR) is 189 cm³/mol. The maximum Gasteiger partial charge on any atom is 0.434 e. The number of terminal acetylenes is 1. The van der Waals surface area contributed by atoms with Gasteiger partial charge in [0.25, 0.3) is 0 Å². The molecule has 2 aromatic carbocycles. The summed E-state index contributed by atoms with van der Waals surface area (Å²) in [4.78, 5) is 32.7. The van der Waals surface area contributed by atoms with Crippen LogP contribution in [0.4, 0.5) is 24.9 Å². The predicted octanol–water partition coefficient (Wildman–Crippen LogP) is 5.51. The number of alkyl halides is 1. The molecule has 0 bridgehead atoms. The number of hydrogen-bond donors (Lipinski definition) is 0. The second kappa shape index (κ2) is 13.8. The molecule has 2 atom stereocenters. The van der Waals surface area contributed by atoms with Gasteiger partial charge in [-0.25, -0.2) is 17.7 Å². The van der Waals surface area contributed by atoms with Crippen LogP contribution in [0.2, 0.25) is 0 Å². The van der Waals surface area contributed by atoms with Crippen LogP contribution < -0.4 is 14.4 Å². The van der Waals surface area contributed by atoms with Gasteiger partial charge in [-0.2, -0.15) is 9.97 Å². The van der Waals surface area contributed by atoms with E-state index in [2.05, 4.69) is 25.8 Å². The number of rotatable bonds is 9. The number of fused-ring (bicyclic) bond motifs is 3. The van der Waals surface area contributed by atoms with Gasteiger partial charge < -0.3 is 29.2 Å². The molecular formula is C37H35F3N8O5. The van der Waals surface area contributed by atoms with E-state index >= 15 is 8.78 Å². The summed E-state index contributed by atoms with van der Waals surface area (Å²) in [7, 11) is 1.50. The fraction of sp³-hybridized carbons (Fsp3) is 0.405. The smallest absolute Gasteiger partial charge is 0.434 e. The van der Waals surface area contributed by atoms with Gasteiger partial charge in [-0.05, 0) is 54.3 Å². The zero-order valence-electron chi connectivity index (χ0n) is 28.9. The highest BCUT2D eigenvalue weighted by Gasteiger charge is 2.49. The Morgan fingerprint density at radius 2 is 2.00 bits per heavy atom. The number of hydrogen-bond acceptors (Lipinski definition) is 11. The highest BCUT2D eigenvalue weighted by atomic mass is 19.1. The number of aryl methyl sites for hydroxylation is 1. The first-order valence-corrected chi connectivity index (χ1v) is 17.4. The van der Waals surface area contributed by atoms with Gasteiger partial charge in [-0.15, -0.1) is 6.42 Å². The molecule has 3 aromatic heterocycles. The number of nitro groups is 1. The SMILES string of the molecule is C#Cc1c(F)ccc2cc(OCc3cn(C)c([N+](=O)[O-])n3)cc(-c3ncc4c(N5CCCOCC5)nc(OC[C@@]56CCCN5C[C@H](F)C6)nc4c3F)c12. The number of anilines is 1. The molecule has 8 rings (SSSR count). The molecule has 3 aliphatic rings. The fourth-order valence-corrected chi connectivity index (χ4v) is 7.86. The van der Waals surface area contributed by atoms with Crippen LogP contribution >= 0.6 is 0 Å². The van der Waals surface area contributed by atoms with Gasteiger partial charge in [0.15, 0.2) is 11.5 Å². The van der Waals surface area contributed by atoms with E-state index in [1.165, 1.54) is 42.2 Å². The van der Waals surface area contributed by atoms with E-state index in [4.69, 9.17) is 25.6 Å². The van der Waals surface area contributed by atoms with Gasteiger partial charge in [0.05, 0.1) is 30.1 Å². The number of aromatic nitrogens is 5. The highest BCUT2D eigenvalue weighted by molar-refractivity contribution is 6.03. The summed E-state index contributed by atoms with van der Waals surface area (Å²) in [6.07, 6.45) is 10.5. The summed E-state index contributed by atoms with van der Waals surface area (Å²) >= 11 is 0. The molecule has 16 heteroatoms. The lowest BCUT2D eigenvalue weighted by Crippen LogP contribution is -2.43. The van der Waals surface area contributed by atoms with Crippen molar-refractivity contribution in [3.8, 4) is 35.4 Å². The molecule has 3 fully saturated rings. The molecule has 0 N–H and O–H groups in total.